The van der Waals surface area contributed by atoms with Crippen LogP contribution < -0.4 is 10.5 Å². The molecule has 2 aromatic rings. The third-order valence-corrected chi connectivity index (χ3v) is 6.03. The minimum absolute atomic E-state index is 0.150. The Labute approximate surface area is 153 Å². The Morgan fingerprint density at radius 3 is 2.85 bits per heavy atom. The third kappa shape index (κ3) is 2.92. The number of hydrogen-bond acceptors (Lipinski definition) is 5. The molecule has 2 aromatic heterocycles. The standard InChI is InChI=1S/C20H25N5O/c26-19-5-3-4-18-16-10-15(12-25(18)19)11-23(13-16)14-17-6-7-21-20(22-17)24-8-1-2-9-24/h3-7,15-16H,1-2,8-14H2/t15-,16-/m1/s1. The van der Waals surface area contributed by atoms with E-state index in [0.717, 1.165) is 50.9 Å². The first kappa shape index (κ1) is 16.0. The number of anilines is 1. The molecule has 0 saturated carbocycles. The van der Waals surface area contributed by atoms with Crippen LogP contribution in [0.2, 0.25) is 0 Å². The van der Waals surface area contributed by atoms with Gasteiger partial charge in [-0.25, -0.2) is 9.97 Å². The van der Waals surface area contributed by atoms with E-state index in [2.05, 4.69) is 20.9 Å². The first-order valence-corrected chi connectivity index (χ1v) is 9.75. The molecule has 0 amide bonds. The van der Waals surface area contributed by atoms with Crippen LogP contribution >= 0.6 is 0 Å². The van der Waals surface area contributed by atoms with E-state index in [4.69, 9.17) is 4.98 Å². The molecule has 0 N–H and O–H groups in total. The van der Waals surface area contributed by atoms with Crippen LogP contribution in [0.15, 0.2) is 35.3 Å². The summed E-state index contributed by atoms with van der Waals surface area (Å²) in [6, 6.07) is 7.76. The Kier molecular flexibility index (Phi) is 4.00. The Hall–Kier alpha value is -2.21. The second-order valence-corrected chi connectivity index (χ2v) is 7.93. The second-order valence-electron chi connectivity index (χ2n) is 7.93. The first-order chi connectivity index (χ1) is 12.8. The minimum Gasteiger partial charge on any atom is -0.341 e. The highest BCUT2D eigenvalue weighted by Crippen LogP contribution is 2.35. The van der Waals surface area contributed by atoms with Gasteiger partial charge < -0.3 is 9.47 Å². The largest absolute Gasteiger partial charge is 0.341 e. The SMILES string of the molecule is O=c1cccc2n1C[C@@H]1C[C@@H]2CN(Cc2ccnc(N3CCCC3)n2)C1. The Bertz CT molecular complexity index is 857. The predicted octanol–water partition coefficient (Wildman–Crippen LogP) is 1.86. The van der Waals surface area contributed by atoms with Gasteiger partial charge in [0.25, 0.3) is 5.56 Å². The van der Waals surface area contributed by atoms with Crippen LogP contribution in [0.5, 0.6) is 0 Å². The number of hydrogen-bond donors (Lipinski definition) is 0. The minimum atomic E-state index is 0.150. The fourth-order valence-corrected chi connectivity index (χ4v) is 4.90. The number of likely N-dealkylation sites (tertiary alicyclic amines) is 1. The molecule has 3 aliphatic rings. The zero-order chi connectivity index (χ0) is 17.5. The van der Waals surface area contributed by atoms with Crippen molar-refractivity contribution in [2.24, 2.45) is 5.92 Å². The molecule has 2 fully saturated rings. The molecule has 0 aromatic carbocycles. The lowest BCUT2D eigenvalue weighted by Gasteiger charge is -2.42. The molecule has 5 rings (SSSR count). The number of pyridine rings is 1. The monoisotopic (exact) mass is 351 g/mol. The van der Waals surface area contributed by atoms with Crippen molar-refractivity contribution in [3.05, 3.63) is 52.2 Å². The van der Waals surface area contributed by atoms with Crippen LogP contribution in [-0.4, -0.2) is 45.6 Å². The zero-order valence-corrected chi connectivity index (χ0v) is 15.0. The fraction of sp³-hybridized carbons (Fsp3) is 0.550. The van der Waals surface area contributed by atoms with E-state index < -0.39 is 0 Å². The summed E-state index contributed by atoms with van der Waals surface area (Å²) in [7, 11) is 0. The van der Waals surface area contributed by atoms with E-state index in [9.17, 15) is 4.79 Å². The van der Waals surface area contributed by atoms with Crippen molar-refractivity contribution < 1.29 is 0 Å². The summed E-state index contributed by atoms with van der Waals surface area (Å²) in [5.74, 6) is 1.90. The molecule has 2 saturated heterocycles. The van der Waals surface area contributed by atoms with E-state index in [1.807, 2.05) is 22.9 Å². The molecular weight excluding hydrogens is 326 g/mol. The summed E-state index contributed by atoms with van der Waals surface area (Å²) in [6.07, 6.45) is 5.57. The fourth-order valence-electron chi connectivity index (χ4n) is 4.90. The first-order valence-electron chi connectivity index (χ1n) is 9.75. The van der Waals surface area contributed by atoms with Crippen molar-refractivity contribution in [3.63, 3.8) is 0 Å². The summed E-state index contributed by atoms with van der Waals surface area (Å²) < 4.78 is 1.99. The lowest BCUT2D eigenvalue weighted by atomic mass is 9.83. The van der Waals surface area contributed by atoms with Gasteiger partial charge in [0.15, 0.2) is 0 Å². The molecule has 0 spiro atoms. The highest BCUT2D eigenvalue weighted by Gasteiger charge is 2.34. The number of piperidine rings is 1. The summed E-state index contributed by atoms with van der Waals surface area (Å²) in [4.78, 5) is 26.2. The molecule has 26 heavy (non-hydrogen) atoms. The molecule has 0 unspecified atom stereocenters. The maximum Gasteiger partial charge on any atom is 0.250 e. The second kappa shape index (κ2) is 6.50. The van der Waals surface area contributed by atoms with Crippen LogP contribution in [0.3, 0.4) is 0 Å². The Morgan fingerprint density at radius 2 is 1.96 bits per heavy atom. The van der Waals surface area contributed by atoms with Gasteiger partial charge in [-0.15, -0.1) is 0 Å². The molecular formula is C20H25N5O. The number of rotatable bonds is 3. The highest BCUT2D eigenvalue weighted by atomic mass is 16.1. The molecule has 6 heteroatoms. The van der Waals surface area contributed by atoms with Crippen LogP contribution in [0, 0.1) is 5.92 Å². The van der Waals surface area contributed by atoms with E-state index in [0.29, 0.717) is 11.8 Å². The number of fused-ring (bicyclic) bond motifs is 4. The summed E-state index contributed by atoms with van der Waals surface area (Å²) in [6.45, 7) is 5.91. The Morgan fingerprint density at radius 1 is 1.08 bits per heavy atom. The van der Waals surface area contributed by atoms with Crippen LogP contribution in [0.4, 0.5) is 5.95 Å². The Balaban J connectivity index is 1.34. The van der Waals surface area contributed by atoms with Gasteiger partial charge in [-0.3, -0.25) is 9.69 Å². The van der Waals surface area contributed by atoms with Gasteiger partial charge in [-0.2, -0.15) is 0 Å². The quantitative estimate of drug-likeness (QED) is 0.845. The van der Waals surface area contributed by atoms with Gasteiger partial charge in [0.1, 0.15) is 0 Å². The van der Waals surface area contributed by atoms with E-state index >= 15 is 0 Å². The maximum absolute atomic E-state index is 12.2. The number of aromatic nitrogens is 3. The molecule has 0 radical (unpaired) electrons. The van der Waals surface area contributed by atoms with Crippen molar-refractivity contribution in [1.82, 2.24) is 19.4 Å². The van der Waals surface area contributed by atoms with Crippen molar-refractivity contribution >= 4 is 5.95 Å². The van der Waals surface area contributed by atoms with Crippen molar-refractivity contribution in [2.45, 2.75) is 38.3 Å². The van der Waals surface area contributed by atoms with Crippen molar-refractivity contribution in [3.8, 4) is 0 Å². The van der Waals surface area contributed by atoms with Crippen LogP contribution in [-0.2, 0) is 13.1 Å². The molecule has 136 valence electrons. The predicted molar refractivity (Wildman–Crippen MR) is 100 cm³/mol. The molecule has 0 aliphatic carbocycles. The van der Waals surface area contributed by atoms with Crippen molar-refractivity contribution in [2.75, 3.05) is 31.1 Å². The van der Waals surface area contributed by atoms with E-state index in [1.165, 1.54) is 25.0 Å². The van der Waals surface area contributed by atoms with Crippen LogP contribution in [0.25, 0.3) is 0 Å². The molecule has 3 aliphatic heterocycles. The topological polar surface area (TPSA) is 54.3 Å². The smallest absolute Gasteiger partial charge is 0.250 e. The van der Waals surface area contributed by atoms with Crippen LogP contribution in [0.1, 0.15) is 36.6 Å². The lowest BCUT2D eigenvalue weighted by molar-refractivity contribution is 0.113. The molecule has 6 nitrogen and oxygen atoms in total. The van der Waals surface area contributed by atoms with Crippen molar-refractivity contribution in [1.29, 1.82) is 0 Å². The van der Waals surface area contributed by atoms with Gasteiger partial charge in [-0.1, -0.05) is 6.07 Å². The van der Waals surface area contributed by atoms with Gasteiger partial charge in [-0.05, 0) is 37.3 Å². The van der Waals surface area contributed by atoms with Gasteiger partial charge in [0, 0.05) is 63.1 Å². The zero-order valence-electron chi connectivity index (χ0n) is 15.0. The lowest BCUT2D eigenvalue weighted by Crippen LogP contribution is -2.46. The summed E-state index contributed by atoms with van der Waals surface area (Å²) in [5.41, 5.74) is 2.46. The normalized spacial score (nSPS) is 25.3. The van der Waals surface area contributed by atoms with E-state index in [1.54, 1.807) is 6.07 Å². The average molecular weight is 351 g/mol. The molecule has 2 bridgehead atoms. The van der Waals surface area contributed by atoms with Gasteiger partial charge >= 0.3 is 0 Å². The average Bonchev–Trinajstić information content (AvgIpc) is 3.18. The summed E-state index contributed by atoms with van der Waals surface area (Å²) in [5, 5.41) is 0. The molecule has 2 atom stereocenters. The van der Waals surface area contributed by atoms with E-state index in [-0.39, 0.29) is 5.56 Å². The van der Waals surface area contributed by atoms with Gasteiger partial charge in [0.2, 0.25) is 5.95 Å². The third-order valence-electron chi connectivity index (χ3n) is 6.03. The highest BCUT2D eigenvalue weighted by molar-refractivity contribution is 5.31. The van der Waals surface area contributed by atoms with Gasteiger partial charge in [0.05, 0.1) is 5.69 Å². The number of nitrogens with zero attached hydrogens (tertiary/aromatic N) is 5. The summed E-state index contributed by atoms with van der Waals surface area (Å²) >= 11 is 0. The molecule has 5 heterocycles. The maximum atomic E-state index is 12.2.